The Morgan fingerprint density at radius 3 is 2.42 bits per heavy atom. The second-order valence-electron chi connectivity index (χ2n) is 7.97. The number of benzene rings is 2. The van der Waals surface area contributed by atoms with Crippen LogP contribution in [0.2, 0.25) is 10.0 Å². The number of rotatable bonds is 8. The summed E-state index contributed by atoms with van der Waals surface area (Å²) >= 11 is 12.4. The average molecular weight is 465 g/mol. The maximum atomic E-state index is 13.3. The van der Waals surface area contributed by atoms with Gasteiger partial charge in [-0.15, -0.1) is 0 Å². The van der Waals surface area contributed by atoms with Crippen molar-refractivity contribution in [2.45, 2.75) is 64.1 Å². The van der Waals surface area contributed by atoms with E-state index in [9.17, 15) is 14.0 Å². The third-order valence-electron chi connectivity index (χ3n) is 5.71. The van der Waals surface area contributed by atoms with Crippen molar-refractivity contribution in [1.29, 1.82) is 0 Å². The number of nitrogens with zero attached hydrogens (tertiary/aromatic N) is 1. The van der Waals surface area contributed by atoms with E-state index >= 15 is 0 Å². The lowest BCUT2D eigenvalue weighted by atomic mass is 10.1. The van der Waals surface area contributed by atoms with E-state index in [1.807, 2.05) is 6.92 Å². The molecule has 3 rings (SSSR count). The summed E-state index contributed by atoms with van der Waals surface area (Å²) in [7, 11) is 0. The molecule has 2 aromatic carbocycles. The van der Waals surface area contributed by atoms with Gasteiger partial charge in [0.1, 0.15) is 11.9 Å². The second-order valence-corrected chi connectivity index (χ2v) is 8.82. The van der Waals surface area contributed by atoms with Crippen molar-refractivity contribution < 1.29 is 14.0 Å². The molecule has 0 bridgehead atoms. The van der Waals surface area contributed by atoms with E-state index in [2.05, 4.69) is 5.32 Å². The second kappa shape index (κ2) is 11.0. The molecule has 2 aromatic rings. The van der Waals surface area contributed by atoms with Gasteiger partial charge in [-0.3, -0.25) is 9.59 Å². The molecule has 1 aliphatic carbocycles. The van der Waals surface area contributed by atoms with E-state index in [4.69, 9.17) is 23.2 Å². The Kier molecular flexibility index (Phi) is 8.33. The highest BCUT2D eigenvalue weighted by atomic mass is 35.5. The minimum atomic E-state index is -0.625. The van der Waals surface area contributed by atoms with Crippen LogP contribution in [-0.4, -0.2) is 28.8 Å². The molecule has 0 aromatic heterocycles. The number of nitrogens with one attached hydrogen (secondary N) is 1. The van der Waals surface area contributed by atoms with Crippen LogP contribution in [0.5, 0.6) is 0 Å². The van der Waals surface area contributed by atoms with E-state index in [0.29, 0.717) is 27.6 Å². The number of hydrogen-bond donors (Lipinski definition) is 1. The molecule has 2 amide bonds. The average Bonchev–Trinajstić information content (AvgIpc) is 3.24. The van der Waals surface area contributed by atoms with Crippen LogP contribution in [0.25, 0.3) is 0 Å². The summed E-state index contributed by atoms with van der Waals surface area (Å²) < 4.78 is 13.3. The largest absolute Gasteiger partial charge is 0.352 e. The van der Waals surface area contributed by atoms with E-state index < -0.39 is 6.04 Å². The number of hydrogen-bond acceptors (Lipinski definition) is 2. The summed E-state index contributed by atoms with van der Waals surface area (Å²) in [6.45, 7) is 2.08. The van der Waals surface area contributed by atoms with Crippen molar-refractivity contribution in [1.82, 2.24) is 10.2 Å². The molecule has 1 aliphatic rings. The van der Waals surface area contributed by atoms with Crippen molar-refractivity contribution in [3.63, 3.8) is 0 Å². The van der Waals surface area contributed by atoms with Crippen LogP contribution in [0.15, 0.2) is 42.5 Å². The normalized spacial score (nSPS) is 15.0. The van der Waals surface area contributed by atoms with Gasteiger partial charge in [-0.05, 0) is 54.7 Å². The zero-order valence-corrected chi connectivity index (χ0v) is 19.1. The molecule has 31 heavy (non-hydrogen) atoms. The Morgan fingerprint density at radius 1 is 1.13 bits per heavy atom. The summed E-state index contributed by atoms with van der Waals surface area (Å²) in [6.07, 6.45) is 4.69. The van der Waals surface area contributed by atoms with Gasteiger partial charge in [0.2, 0.25) is 11.8 Å². The molecule has 0 radical (unpaired) electrons. The Morgan fingerprint density at radius 2 is 1.81 bits per heavy atom. The molecular weight excluding hydrogens is 438 g/mol. The minimum Gasteiger partial charge on any atom is -0.352 e. The molecule has 0 aliphatic heterocycles. The van der Waals surface area contributed by atoms with E-state index in [1.165, 1.54) is 12.1 Å². The van der Waals surface area contributed by atoms with E-state index in [1.54, 1.807) is 35.2 Å². The predicted molar refractivity (Wildman–Crippen MR) is 122 cm³/mol. The molecule has 4 nitrogen and oxygen atoms in total. The smallest absolute Gasteiger partial charge is 0.243 e. The highest BCUT2D eigenvalue weighted by Crippen LogP contribution is 2.25. The summed E-state index contributed by atoms with van der Waals surface area (Å²) in [5, 5.41) is 4.06. The maximum Gasteiger partial charge on any atom is 0.243 e. The summed E-state index contributed by atoms with van der Waals surface area (Å²) in [5.74, 6) is -0.721. The van der Waals surface area contributed by atoms with Gasteiger partial charge in [0.25, 0.3) is 0 Å². The zero-order valence-electron chi connectivity index (χ0n) is 17.5. The predicted octanol–water partition coefficient (Wildman–Crippen LogP) is 5.54. The van der Waals surface area contributed by atoms with Gasteiger partial charge < -0.3 is 10.2 Å². The van der Waals surface area contributed by atoms with Crippen LogP contribution in [0.3, 0.4) is 0 Å². The summed E-state index contributed by atoms with van der Waals surface area (Å²) in [5.41, 5.74) is 1.40. The van der Waals surface area contributed by atoms with Gasteiger partial charge in [-0.25, -0.2) is 4.39 Å². The highest BCUT2D eigenvalue weighted by Gasteiger charge is 2.31. The third kappa shape index (κ3) is 6.44. The quantitative estimate of drug-likeness (QED) is 0.557. The molecule has 0 heterocycles. The lowest BCUT2D eigenvalue weighted by Gasteiger charge is -2.32. The fraction of sp³-hybridized carbons (Fsp3) is 0.417. The molecule has 1 N–H and O–H groups in total. The van der Waals surface area contributed by atoms with Crippen molar-refractivity contribution in [3.8, 4) is 0 Å². The molecule has 1 saturated carbocycles. The van der Waals surface area contributed by atoms with Crippen LogP contribution >= 0.6 is 23.2 Å². The van der Waals surface area contributed by atoms with Gasteiger partial charge in [-0.1, -0.05) is 61.2 Å². The number of halogens is 3. The van der Waals surface area contributed by atoms with Crippen molar-refractivity contribution in [2.24, 2.45) is 0 Å². The number of carbonyl (C=O) groups is 2. The van der Waals surface area contributed by atoms with E-state index in [-0.39, 0.29) is 36.6 Å². The SMILES string of the molecule is CC[C@H](C(=O)NC1CCCC1)N(Cc1ccc(Cl)cc1Cl)C(=O)Cc1ccc(F)cc1. The highest BCUT2D eigenvalue weighted by molar-refractivity contribution is 6.35. The molecule has 0 spiro atoms. The third-order valence-corrected chi connectivity index (χ3v) is 6.30. The lowest BCUT2D eigenvalue weighted by Crippen LogP contribution is -2.51. The van der Waals surface area contributed by atoms with Crippen LogP contribution < -0.4 is 5.32 Å². The Balaban J connectivity index is 1.84. The van der Waals surface area contributed by atoms with Gasteiger partial charge in [0, 0.05) is 22.6 Å². The first kappa shape index (κ1) is 23.6. The molecule has 7 heteroatoms. The van der Waals surface area contributed by atoms with Crippen LogP contribution in [-0.2, 0) is 22.6 Å². The topological polar surface area (TPSA) is 49.4 Å². The molecule has 166 valence electrons. The van der Waals surface area contributed by atoms with Crippen molar-refractivity contribution in [3.05, 3.63) is 69.5 Å². The summed E-state index contributed by atoms with van der Waals surface area (Å²) in [6, 6.07) is 10.5. The molecule has 1 fully saturated rings. The van der Waals surface area contributed by atoms with E-state index in [0.717, 1.165) is 25.7 Å². The molecule has 0 unspecified atom stereocenters. The van der Waals surface area contributed by atoms with Crippen molar-refractivity contribution in [2.75, 3.05) is 0 Å². The van der Waals surface area contributed by atoms with Crippen LogP contribution in [0.1, 0.15) is 50.2 Å². The lowest BCUT2D eigenvalue weighted by molar-refractivity contribution is -0.141. The monoisotopic (exact) mass is 464 g/mol. The first-order chi connectivity index (χ1) is 14.9. The Labute approximate surface area is 192 Å². The number of carbonyl (C=O) groups excluding carboxylic acids is 2. The van der Waals surface area contributed by atoms with Crippen LogP contribution in [0.4, 0.5) is 4.39 Å². The first-order valence-electron chi connectivity index (χ1n) is 10.7. The van der Waals surface area contributed by atoms with Gasteiger partial charge in [0.15, 0.2) is 0 Å². The standard InChI is InChI=1S/C24H27Cl2FN2O2/c1-2-22(24(31)28-20-5-3-4-6-20)29(15-17-9-10-18(25)14-21(17)26)23(30)13-16-7-11-19(27)12-8-16/h7-12,14,20,22H,2-6,13,15H2,1H3,(H,28,31)/t22-/m1/s1. The van der Waals surface area contributed by atoms with Gasteiger partial charge in [0.05, 0.1) is 6.42 Å². The Hall–Kier alpha value is -2.11. The molecular formula is C24H27Cl2FN2O2. The maximum absolute atomic E-state index is 13.3. The first-order valence-corrected chi connectivity index (χ1v) is 11.4. The fourth-order valence-corrected chi connectivity index (χ4v) is 4.47. The minimum absolute atomic E-state index is 0.0682. The summed E-state index contributed by atoms with van der Waals surface area (Å²) in [4.78, 5) is 28.0. The Bertz CT molecular complexity index is 914. The zero-order chi connectivity index (χ0) is 22.4. The number of amides is 2. The van der Waals surface area contributed by atoms with Gasteiger partial charge in [-0.2, -0.15) is 0 Å². The van der Waals surface area contributed by atoms with Gasteiger partial charge >= 0.3 is 0 Å². The molecule has 0 saturated heterocycles. The van der Waals surface area contributed by atoms with Crippen LogP contribution in [0, 0.1) is 5.82 Å². The van der Waals surface area contributed by atoms with Crippen molar-refractivity contribution >= 4 is 35.0 Å². The molecule has 1 atom stereocenters. The fourth-order valence-electron chi connectivity index (χ4n) is 4.00.